The first-order valence-corrected chi connectivity index (χ1v) is 6.43. The fourth-order valence-electron chi connectivity index (χ4n) is 2.21. The molecule has 4 nitrogen and oxygen atoms in total. The van der Waals surface area contributed by atoms with Crippen molar-refractivity contribution < 1.29 is 14.6 Å². The summed E-state index contributed by atoms with van der Waals surface area (Å²) in [6.45, 7) is 2.00. The van der Waals surface area contributed by atoms with E-state index in [1.165, 1.54) is 0 Å². The average molecular weight is 249 g/mol. The summed E-state index contributed by atoms with van der Waals surface area (Å²) < 4.78 is 5.96. The van der Waals surface area contributed by atoms with Crippen LogP contribution >= 0.6 is 0 Å². The normalized spacial score (nSPS) is 20.1. The summed E-state index contributed by atoms with van der Waals surface area (Å²) in [5, 5.41) is 12.2. The highest BCUT2D eigenvalue weighted by atomic mass is 16.5. The van der Waals surface area contributed by atoms with Crippen LogP contribution in [0.3, 0.4) is 0 Å². The summed E-state index contributed by atoms with van der Waals surface area (Å²) in [6.07, 6.45) is 3.30. The number of benzene rings is 1. The number of carbonyl (C=O) groups is 1. The molecule has 1 atom stereocenters. The van der Waals surface area contributed by atoms with Crippen LogP contribution in [0.5, 0.6) is 5.75 Å². The van der Waals surface area contributed by atoms with Crippen molar-refractivity contribution in [3.05, 3.63) is 29.8 Å². The maximum atomic E-state index is 10.8. The monoisotopic (exact) mass is 249 g/mol. The summed E-state index contributed by atoms with van der Waals surface area (Å²) in [6, 6.07) is 7.41. The van der Waals surface area contributed by atoms with Gasteiger partial charge < -0.3 is 15.2 Å². The molecular formula is C14H19NO3. The Morgan fingerprint density at radius 1 is 1.33 bits per heavy atom. The Morgan fingerprint density at radius 3 is 3.00 bits per heavy atom. The molecule has 0 saturated carbocycles. The molecule has 2 rings (SSSR count). The molecule has 1 fully saturated rings. The molecule has 0 aliphatic carbocycles. The Balaban J connectivity index is 2.04. The lowest BCUT2D eigenvalue weighted by Gasteiger charge is -2.18. The molecule has 0 aromatic heterocycles. The van der Waals surface area contributed by atoms with E-state index in [0.717, 1.165) is 37.9 Å². The SMILES string of the molecule is O=C(O)Cc1ccccc1OC1CCCNCC1. The highest BCUT2D eigenvalue weighted by Crippen LogP contribution is 2.22. The summed E-state index contributed by atoms with van der Waals surface area (Å²) in [4.78, 5) is 10.8. The first-order chi connectivity index (χ1) is 8.75. The van der Waals surface area contributed by atoms with Crippen molar-refractivity contribution in [3.8, 4) is 5.75 Å². The van der Waals surface area contributed by atoms with Gasteiger partial charge in [0, 0.05) is 5.56 Å². The van der Waals surface area contributed by atoms with Gasteiger partial charge in [0.1, 0.15) is 5.75 Å². The van der Waals surface area contributed by atoms with Crippen LogP contribution < -0.4 is 10.1 Å². The van der Waals surface area contributed by atoms with Gasteiger partial charge in [-0.25, -0.2) is 0 Å². The third-order valence-corrected chi connectivity index (χ3v) is 3.13. The smallest absolute Gasteiger partial charge is 0.307 e. The van der Waals surface area contributed by atoms with Crippen molar-refractivity contribution in [2.24, 2.45) is 0 Å². The molecule has 4 heteroatoms. The molecule has 0 radical (unpaired) electrons. The number of carboxylic acids is 1. The second-order valence-electron chi connectivity index (χ2n) is 4.60. The summed E-state index contributed by atoms with van der Waals surface area (Å²) in [5.74, 6) is -0.111. The lowest BCUT2D eigenvalue weighted by molar-refractivity contribution is -0.136. The van der Waals surface area contributed by atoms with Crippen LogP contribution in [0.2, 0.25) is 0 Å². The van der Waals surface area contributed by atoms with Gasteiger partial charge in [-0.05, 0) is 38.4 Å². The molecule has 18 heavy (non-hydrogen) atoms. The first kappa shape index (κ1) is 12.9. The number of para-hydroxylation sites is 1. The first-order valence-electron chi connectivity index (χ1n) is 6.43. The van der Waals surface area contributed by atoms with Crippen molar-refractivity contribution in [1.29, 1.82) is 0 Å². The number of ether oxygens (including phenoxy) is 1. The molecule has 98 valence electrons. The van der Waals surface area contributed by atoms with Gasteiger partial charge in [0.2, 0.25) is 0 Å². The van der Waals surface area contributed by atoms with Crippen LogP contribution in [-0.2, 0) is 11.2 Å². The van der Waals surface area contributed by atoms with Gasteiger partial charge in [0.25, 0.3) is 0 Å². The minimum atomic E-state index is -0.825. The molecule has 0 bridgehead atoms. The van der Waals surface area contributed by atoms with Crippen LogP contribution in [-0.4, -0.2) is 30.3 Å². The molecule has 1 aromatic rings. The van der Waals surface area contributed by atoms with Crippen LogP contribution in [0.15, 0.2) is 24.3 Å². The quantitative estimate of drug-likeness (QED) is 0.854. The Bertz CT molecular complexity index is 398. The van der Waals surface area contributed by atoms with Crippen molar-refractivity contribution in [2.75, 3.05) is 13.1 Å². The van der Waals surface area contributed by atoms with Gasteiger partial charge in [-0.3, -0.25) is 4.79 Å². The average Bonchev–Trinajstić information content (AvgIpc) is 2.60. The predicted octanol–water partition coefficient (Wildman–Crippen LogP) is 1.83. The molecule has 2 N–H and O–H groups in total. The molecule has 1 unspecified atom stereocenters. The van der Waals surface area contributed by atoms with Crippen molar-refractivity contribution in [2.45, 2.75) is 31.8 Å². The fraction of sp³-hybridized carbons (Fsp3) is 0.500. The van der Waals surface area contributed by atoms with Crippen molar-refractivity contribution >= 4 is 5.97 Å². The maximum Gasteiger partial charge on any atom is 0.307 e. The van der Waals surface area contributed by atoms with Crippen LogP contribution in [0.4, 0.5) is 0 Å². The number of rotatable bonds is 4. The van der Waals surface area contributed by atoms with Gasteiger partial charge in [-0.1, -0.05) is 18.2 Å². The van der Waals surface area contributed by atoms with E-state index in [1.54, 1.807) is 0 Å². The fourth-order valence-corrected chi connectivity index (χ4v) is 2.21. The van der Waals surface area contributed by atoms with Gasteiger partial charge in [0.05, 0.1) is 12.5 Å². The third kappa shape index (κ3) is 3.74. The Labute approximate surface area is 107 Å². The second-order valence-corrected chi connectivity index (χ2v) is 4.60. The van der Waals surface area contributed by atoms with Crippen molar-refractivity contribution in [3.63, 3.8) is 0 Å². The zero-order valence-corrected chi connectivity index (χ0v) is 10.4. The Hall–Kier alpha value is -1.55. The maximum absolute atomic E-state index is 10.8. The van der Waals surface area contributed by atoms with Crippen molar-refractivity contribution in [1.82, 2.24) is 5.32 Å². The van der Waals surface area contributed by atoms with E-state index in [9.17, 15) is 4.79 Å². The predicted molar refractivity (Wildman–Crippen MR) is 68.9 cm³/mol. The van der Waals surface area contributed by atoms with E-state index in [-0.39, 0.29) is 12.5 Å². The molecule has 0 amide bonds. The largest absolute Gasteiger partial charge is 0.490 e. The number of aliphatic carboxylic acids is 1. The zero-order valence-electron chi connectivity index (χ0n) is 10.4. The van der Waals surface area contributed by atoms with E-state index >= 15 is 0 Å². The number of carboxylic acid groups (broad SMARTS) is 1. The molecule has 1 aromatic carbocycles. The van der Waals surface area contributed by atoms with E-state index < -0.39 is 5.97 Å². The van der Waals surface area contributed by atoms with E-state index in [4.69, 9.17) is 9.84 Å². The topological polar surface area (TPSA) is 58.6 Å². The molecule has 0 spiro atoms. The second kappa shape index (κ2) is 6.40. The zero-order chi connectivity index (χ0) is 12.8. The Kier molecular flexibility index (Phi) is 4.59. The third-order valence-electron chi connectivity index (χ3n) is 3.13. The molecule has 1 saturated heterocycles. The number of nitrogens with one attached hydrogen (secondary N) is 1. The lowest BCUT2D eigenvalue weighted by Crippen LogP contribution is -2.20. The highest BCUT2D eigenvalue weighted by Gasteiger charge is 2.15. The van der Waals surface area contributed by atoms with Crippen LogP contribution in [0.1, 0.15) is 24.8 Å². The van der Waals surface area contributed by atoms with Gasteiger partial charge in [0.15, 0.2) is 0 Å². The standard InChI is InChI=1S/C14H19NO3/c16-14(17)10-11-4-1-2-6-13(11)18-12-5-3-8-15-9-7-12/h1-2,4,6,12,15H,3,5,7-10H2,(H,16,17). The Morgan fingerprint density at radius 2 is 2.17 bits per heavy atom. The summed E-state index contributed by atoms with van der Waals surface area (Å²) in [5.41, 5.74) is 0.752. The number of hydrogen-bond donors (Lipinski definition) is 2. The van der Waals surface area contributed by atoms with Gasteiger partial charge in [-0.15, -0.1) is 0 Å². The molecule has 1 aliphatic heterocycles. The molecule has 1 aliphatic rings. The van der Waals surface area contributed by atoms with E-state index in [2.05, 4.69) is 5.32 Å². The van der Waals surface area contributed by atoms with E-state index in [1.807, 2.05) is 24.3 Å². The summed E-state index contributed by atoms with van der Waals surface area (Å²) in [7, 11) is 0. The van der Waals surface area contributed by atoms with Gasteiger partial charge >= 0.3 is 5.97 Å². The minimum Gasteiger partial charge on any atom is -0.490 e. The highest BCUT2D eigenvalue weighted by molar-refractivity contribution is 5.71. The minimum absolute atomic E-state index is 0.0150. The van der Waals surface area contributed by atoms with Crippen LogP contribution in [0.25, 0.3) is 0 Å². The summed E-state index contributed by atoms with van der Waals surface area (Å²) >= 11 is 0. The molecular weight excluding hydrogens is 230 g/mol. The number of hydrogen-bond acceptors (Lipinski definition) is 3. The van der Waals surface area contributed by atoms with E-state index in [0.29, 0.717) is 5.75 Å². The lowest BCUT2D eigenvalue weighted by atomic mass is 10.1. The van der Waals surface area contributed by atoms with Gasteiger partial charge in [-0.2, -0.15) is 0 Å². The molecule has 1 heterocycles. The van der Waals surface area contributed by atoms with Crippen LogP contribution in [0, 0.1) is 0 Å².